The first-order valence-corrected chi connectivity index (χ1v) is 7.67. The van der Waals surface area contributed by atoms with E-state index in [-0.39, 0.29) is 5.82 Å². The van der Waals surface area contributed by atoms with Gasteiger partial charge in [-0.05, 0) is 24.6 Å². The highest BCUT2D eigenvalue weighted by molar-refractivity contribution is 8.01. The lowest BCUT2D eigenvalue weighted by atomic mass is 10.2. The Morgan fingerprint density at radius 1 is 1.37 bits per heavy atom. The van der Waals surface area contributed by atoms with Crippen molar-refractivity contribution in [2.24, 2.45) is 0 Å². The molecule has 2 rings (SSSR count). The van der Waals surface area contributed by atoms with Crippen LogP contribution < -0.4 is 5.32 Å². The molecule has 0 aliphatic heterocycles. The van der Waals surface area contributed by atoms with E-state index < -0.39 is 0 Å². The topological polar surface area (TPSA) is 37.8 Å². The van der Waals surface area contributed by atoms with Crippen LogP contribution in [-0.4, -0.2) is 16.2 Å². The average molecular weight is 297 g/mol. The summed E-state index contributed by atoms with van der Waals surface area (Å²) >= 11 is 2.79. The maximum atomic E-state index is 14.0. The Labute approximate surface area is 120 Å². The molecular formula is C13H16FN3S2. The highest BCUT2D eigenvalue weighted by Gasteiger charge is 2.09. The molecule has 0 saturated carbocycles. The molecule has 19 heavy (non-hydrogen) atoms. The van der Waals surface area contributed by atoms with Crippen molar-refractivity contribution in [1.29, 1.82) is 0 Å². The van der Waals surface area contributed by atoms with Gasteiger partial charge in [0.15, 0.2) is 4.34 Å². The molecule has 0 spiro atoms. The number of aryl methyl sites for hydroxylation is 1. The zero-order valence-corrected chi connectivity index (χ0v) is 12.7. The molecule has 0 amide bonds. The molecule has 0 aliphatic carbocycles. The third kappa shape index (κ3) is 4.26. The second-order valence-electron chi connectivity index (χ2n) is 4.49. The van der Waals surface area contributed by atoms with Crippen molar-refractivity contribution < 1.29 is 4.39 Å². The molecule has 1 aromatic heterocycles. The molecule has 0 radical (unpaired) electrons. The summed E-state index contributed by atoms with van der Waals surface area (Å²) in [6.07, 6.45) is 0. The summed E-state index contributed by atoms with van der Waals surface area (Å²) in [5, 5.41) is 12.1. The molecule has 0 saturated heterocycles. The molecule has 102 valence electrons. The Kier molecular flexibility index (Phi) is 4.90. The third-order valence-electron chi connectivity index (χ3n) is 2.42. The van der Waals surface area contributed by atoms with E-state index in [0.29, 0.717) is 17.5 Å². The number of hydrogen-bond acceptors (Lipinski definition) is 5. The van der Waals surface area contributed by atoms with Gasteiger partial charge < -0.3 is 5.32 Å². The first kappa shape index (κ1) is 14.4. The minimum atomic E-state index is -0.207. The van der Waals surface area contributed by atoms with Crippen molar-refractivity contribution >= 4 is 23.1 Å². The lowest BCUT2D eigenvalue weighted by Crippen LogP contribution is -2.21. The van der Waals surface area contributed by atoms with Gasteiger partial charge in [0.1, 0.15) is 10.8 Å². The van der Waals surface area contributed by atoms with Crippen LogP contribution in [0.2, 0.25) is 0 Å². The number of nitrogens with one attached hydrogen (secondary N) is 1. The Hall–Kier alpha value is -0.980. The molecule has 1 aromatic carbocycles. The fourth-order valence-corrected chi connectivity index (χ4v) is 3.25. The molecule has 2 aromatic rings. The van der Waals surface area contributed by atoms with Gasteiger partial charge in [0.25, 0.3) is 0 Å². The van der Waals surface area contributed by atoms with Crippen LogP contribution in [0.3, 0.4) is 0 Å². The van der Waals surface area contributed by atoms with E-state index in [1.165, 1.54) is 23.1 Å². The predicted octanol–water partition coefficient (Wildman–Crippen LogP) is 3.63. The fraction of sp³-hybridized carbons (Fsp3) is 0.385. The first-order valence-electron chi connectivity index (χ1n) is 6.04. The van der Waals surface area contributed by atoms with Gasteiger partial charge in [0, 0.05) is 12.6 Å². The molecule has 1 N–H and O–H groups in total. The van der Waals surface area contributed by atoms with Gasteiger partial charge in [-0.15, -0.1) is 10.2 Å². The summed E-state index contributed by atoms with van der Waals surface area (Å²) in [7, 11) is 0. The molecule has 0 unspecified atom stereocenters. The minimum absolute atomic E-state index is 0.207. The Morgan fingerprint density at radius 2 is 2.16 bits per heavy atom. The summed E-state index contributed by atoms with van der Waals surface area (Å²) in [5.74, 6) is -0.207. The van der Waals surface area contributed by atoms with Gasteiger partial charge in [-0.25, -0.2) is 4.39 Å². The molecule has 3 nitrogen and oxygen atoms in total. The number of halogens is 1. The SMILES string of the molecule is Cc1nnc(Sc2ccc(CNC(C)C)cc2F)s1. The zero-order valence-electron chi connectivity index (χ0n) is 11.1. The first-order chi connectivity index (χ1) is 9.04. The highest BCUT2D eigenvalue weighted by atomic mass is 32.2. The van der Waals surface area contributed by atoms with Crippen LogP contribution in [0.25, 0.3) is 0 Å². The van der Waals surface area contributed by atoms with Crippen molar-refractivity contribution in [3.8, 4) is 0 Å². The van der Waals surface area contributed by atoms with Crippen LogP contribution >= 0.6 is 23.1 Å². The van der Waals surface area contributed by atoms with Crippen molar-refractivity contribution in [1.82, 2.24) is 15.5 Å². The number of nitrogens with zero attached hydrogens (tertiary/aromatic N) is 2. The quantitative estimate of drug-likeness (QED) is 0.914. The number of benzene rings is 1. The molecule has 1 heterocycles. The van der Waals surface area contributed by atoms with Crippen molar-refractivity contribution in [3.05, 3.63) is 34.6 Å². The lowest BCUT2D eigenvalue weighted by molar-refractivity contribution is 0.574. The van der Waals surface area contributed by atoms with E-state index in [2.05, 4.69) is 29.4 Å². The maximum Gasteiger partial charge on any atom is 0.179 e. The predicted molar refractivity (Wildman–Crippen MR) is 77.1 cm³/mol. The van der Waals surface area contributed by atoms with Gasteiger partial charge >= 0.3 is 0 Å². The van der Waals surface area contributed by atoms with Gasteiger partial charge in [0.05, 0.1) is 4.90 Å². The van der Waals surface area contributed by atoms with E-state index in [1.54, 1.807) is 12.1 Å². The van der Waals surface area contributed by atoms with Gasteiger partial charge in [0.2, 0.25) is 0 Å². The van der Waals surface area contributed by atoms with E-state index in [4.69, 9.17) is 0 Å². The number of rotatable bonds is 5. The zero-order chi connectivity index (χ0) is 13.8. The summed E-state index contributed by atoms with van der Waals surface area (Å²) in [6.45, 7) is 6.70. The molecule has 6 heteroatoms. The summed E-state index contributed by atoms with van der Waals surface area (Å²) in [4.78, 5) is 0.587. The van der Waals surface area contributed by atoms with E-state index >= 15 is 0 Å². The van der Waals surface area contributed by atoms with E-state index in [1.807, 2.05) is 13.0 Å². The van der Waals surface area contributed by atoms with Gasteiger partial charge in [-0.1, -0.05) is 43.0 Å². The third-order valence-corrected chi connectivity index (χ3v) is 4.36. The fourth-order valence-electron chi connectivity index (χ4n) is 1.47. The van der Waals surface area contributed by atoms with Crippen molar-refractivity contribution in [2.45, 2.75) is 42.6 Å². The summed E-state index contributed by atoms with van der Waals surface area (Å²) in [5.41, 5.74) is 0.948. The Bertz CT molecular complexity index is 555. The molecular weight excluding hydrogens is 281 g/mol. The second kappa shape index (κ2) is 6.45. The second-order valence-corrected chi connectivity index (χ2v) is 6.96. The number of aromatic nitrogens is 2. The standard InChI is InChI=1S/C13H16FN3S2/c1-8(2)15-7-10-4-5-12(11(14)6-10)19-13-17-16-9(3)18-13/h4-6,8,15H,7H2,1-3H3. The normalized spacial score (nSPS) is 11.2. The van der Waals surface area contributed by atoms with Crippen molar-refractivity contribution in [3.63, 3.8) is 0 Å². The van der Waals surface area contributed by atoms with Crippen LogP contribution in [-0.2, 0) is 6.54 Å². The smallest absolute Gasteiger partial charge is 0.179 e. The Morgan fingerprint density at radius 3 is 2.74 bits per heavy atom. The largest absolute Gasteiger partial charge is 0.310 e. The molecule has 0 fully saturated rings. The Balaban J connectivity index is 2.06. The van der Waals surface area contributed by atoms with E-state index in [9.17, 15) is 4.39 Å². The van der Waals surface area contributed by atoms with Crippen LogP contribution in [0.4, 0.5) is 4.39 Å². The molecule has 0 bridgehead atoms. The molecule has 0 atom stereocenters. The monoisotopic (exact) mass is 297 g/mol. The summed E-state index contributed by atoms with van der Waals surface area (Å²) in [6, 6.07) is 5.70. The lowest BCUT2D eigenvalue weighted by Gasteiger charge is -2.09. The van der Waals surface area contributed by atoms with Crippen LogP contribution in [0.5, 0.6) is 0 Å². The summed E-state index contributed by atoms with van der Waals surface area (Å²) < 4.78 is 14.7. The highest BCUT2D eigenvalue weighted by Crippen LogP contribution is 2.32. The molecule has 0 aliphatic rings. The van der Waals surface area contributed by atoms with Crippen molar-refractivity contribution in [2.75, 3.05) is 0 Å². The number of hydrogen-bond donors (Lipinski definition) is 1. The maximum absolute atomic E-state index is 14.0. The van der Waals surface area contributed by atoms with Crippen LogP contribution in [0.15, 0.2) is 27.4 Å². The van der Waals surface area contributed by atoms with Gasteiger partial charge in [-0.2, -0.15) is 0 Å². The minimum Gasteiger partial charge on any atom is -0.310 e. The van der Waals surface area contributed by atoms with Gasteiger partial charge in [-0.3, -0.25) is 0 Å². The van der Waals surface area contributed by atoms with Crippen LogP contribution in [0, 0.1) is 12.7 Å². The van der Waals surface area contributed by atoms with Crippen LogP contribution in [0.1, 0.15) is 24.4 Å². The average Bonchev–Trinajstić information content (AvgIpc) is 2.75. The van der Waals surface area contributed by atoms with E-state index in [0.717, 1.165) is 14.9 Å².